The molecule has 1 aliphatic heterocycles. The van der Waals surface area contributed by atoms with E-state index in [9.17, 15) is 9.59 Å². The van der Waals surface area contributed by atoms with E-state index in [1.165, 1.54) is 0 Å². The van der Waals surface area contributed by atoms with Crippen molar-refractivity contribution in [3.8, 4) is 0 Å². The number of hydrogen-bond donors (Lipinski definition) is 1. The Balaban J connectivity index is 1.80. The van der Waals surface area contributed by atoms with Crippen LogP contribution >= 0.6 is 23.2 Å². The van der Waals surface area contributed by atoms with Gasteiger partial charge in [0.15, 0.2) is 0 Å². The summed E-state index contributed by atoms with van der Waals surface area (Å²) >= 11 is 11.9. The summed E-state index contributed by atoms with van der Waals surface area (Å²) in [6, 6.07) is 7.99. The first-order valence-corrected chi connectivity index (χ1v) is 9.63. The summed E-state index contributed by atoms with van der Waals surface area (Å²) in [5, 5.41) is 3.64. The third-order valence-corrected chi connectivity index (χ3v) is 5.45. The molecule has 1 unspecified atom stereocenters. The predicted octanol–water partition coefficient (Wildman–Crippen LogP) is 4.64. The minimum Gasteiger partial charge on any atom is -0.327 e. The highest BCUT2D eigenvalue weighted by Gasteiger charge is 2.33. The van der Waals surface area contributed by atoms with Gasteiger partial charge in [-0.3, -0.25) is 14.6 Å². The summed E-state index contributed by atoms with van der Waals surface area (Å²) in [5.74, 6) is -0.381. The number of nitrogens with one attached hydrogen (secondary N) is 1. The number of anilines is 1. The van der Waals surface area contributed by atoms with Gasteiger partial charge in [-0.1, -0.05) is 23.2 Å². The maximum Gasteiger partial charge on any atom is 0.256 e. The number of amides is 2. The van der Waals surface area contributed by atoms with Gasteiger partial charge < -0.3 is 10.2 Å². The molecule has 1 N–H and O–H groups in total. The molecule has 1 fully saturated rings. The van der Waals surface area contributed by atoms with E-state index in [1.54, 1.807) is 29.2 Å². The normalized spacial score (nSPS) is 16.9. The zero-order valence-corrected chi connectivity index (χ0v) is 16.8. The molecule has 5 nitrogen and oxygen atoms in total. The number of rotatable bonds is 3. The van der Waals surface area contributed by atoms with E-state index in [2.05, 4.69) is 10.3 Å². The Labute approximate surface area is 168 Å². The van der Waals surface area contributed by atoms with Gasteiger partial charge in [-0.05, 0) is 63.4 Å². The van der Waals surface area contributed by atoms with E-state index in [0.717, 1.165) is 18.5 Å². The van der Waals surface area contributed by atoms with Crippen LogP contribution in [0.2, 0.25) is 10.0 Å². The average Bonchev–Trinajstić information content (AvgIpc) is 2.64. The molecule has 3 rings (SSSR count). The lowest BCUT2D eigenvalue weighted by Gasteiger charge is -2.35. The molecular formula is C20H21Cl2N3O2. The zero-order valence-electron chi connectivity index (χ0n) is 15.3. The number of carbonyl (C=O) groups excluding carboxylic acids is 2. The van der Waals surface area contributed by atoms with Crippen molar-refractivity contribution in [3.05, 3.63) is 57.3 Å². The number of aromatic nitrogens is 1. The molecule has 142 valence electrons. The Morgan fingerprint density at radius 3 is 2.59 bits per heavy atom. The number of benzene rings is 1. The number of carbonyl (C=O) groups is 2. The van der Waals surface area contributed by atoms with Crippen LogP contribution in [0, 0.1) is 13.8 Å². The Morgan fingerprint density at radius 1 is 1.11 bits per heavy atom. The van der Waals surface area contributed by atoms with E-state index >= 15 is 0 Å². The molecule has 1 aromatic carbocycles. The smallest absolute Gasteiger partial charge is 0.256 e. The summed E-state index contributed by atoms with van der Waals surface area (Å²) in [6.07, 6.45) is 2.40. The highest BCUT2D eigenvalue weighted by Crippen LogP contribution is 2.26. The quantitative estimate of drug-likeness (QED) is 0.808. The SMILES string of the molecule is Cc1ccc(C(=O)N2CCCCC2C(=O)Nc2ccc(Cl)c(Cl)c2)c(C)n1. The maximum atomic E-state index is 13.1. The van der Waals surface area contributed by atoms with Crippen LogP contribution in [0.1, 0.15) is 41.0 Å². The fraction of sp³-hybridized carbons (Fsp3) is 0.350. The third-order valence-electron chi connectivity index (χ3n) is 4.71. The van der Waals surface area contributed by atoms with Crippen molar-refractivity contribution in [2.45, 2.75) is 39.2 Å². The lowest BCUT2D eigenvalue weighted by Crippen LogP contribution is -2.50. The number of nitrogens with zero attached hydrogens (tertiary/aromatic N) is 2. The molecule has 7 heteroatoms. The molecule has 1 saturated heterocycles. The minimum absolute atomic E-state index is 0.158. The van der Waals surface area contributed by atoms with Gasteiger partial charge in [0.1, 0.15) is 6.04 Å². The van der Waals surface area contributed by atoms with Gasteiger partial charge in [0.25, 0.3) is 5.91 Å². The molecular weight excluding hydrogens is 385 g/mol. The van der Waals surface area contributed by atoms with Gasteiger partial charge in [0.2, 0.25) is 5.91 Å². The van der Waals surface area contributed by atoms with E-state index in [-0.39, 0.29) is 11.8 Å². The van der Waals surface area contributed by atoms with Crippen molar-refractivity contribution in [1.29, 1.82) is 0 Å². The monoisotopic (exact) mass is 405 g/mol. The first kappa shape index (κ1) is 19.6. The zero-order chi connectivity index (χ0) is 19.6. The van der Waals surface area contributed by atoms with E-state index in [4.69, 9.17) is 23.2 Å². The van der Waals surface area contributed by atoms with Crippen LogP contribution in [0.5, 0.6) is 0 Å². The molecule has 2 amide bonds. The molecule has 27 heavy (non-hydrogen) atoms. The summed E-state index contributed by atoms with van der Waals surface area (Å²) in [7, 11) is 0. The Bertz CT molecular complexity index is 886. The number of likely N-dealkylation sites (tertiary alicyclic amines) is 1. The standard InChI is InChI=1S/C20H21Cl2N3O2/c1-12-6-8-15(13(2)23-12)20(27)25-10-4-3-5-18(25)19(26)24-14-7-9-16(21)17(22)11-14/h6-9,11,18H,3-5,10H2,1-2H3,(H,24,26). The number of halogens is 2. The number of piperidine rings is 1. The van der Waals surface area contributed by atoms with Gasteiger partial charge in [-0.2, -0.15) is 0 Å². The first-order valence-electron chi connectivity index (χ1n) is 8.88. The highest BCUT2D eigenvalue weighted by atomic mass is 35.5. The molecule has 0 saturated carbocycles. The predicted molar refractivity (Wildman–Crippen MR) is 107 cm³/mol. The first-order chi connectivity index (χ1) is 12.9. The second-order valence-corrected chi connectivity index (χ2v) is 7.53. The summed E-state index contributed by atoms with van der Waals surface area (Å²) < 4.78 is 0. The van der Waals surface area contributed by atoms with Gasteiger partial charge in [-0.25, -0.2) is 0 Å². The summed E-state index contributed by atoms with van der Waals surface area (Å²) in [6.45, 7) is 4.25. The Morgan fingerprint density at radius 2 is 1.89 bits per heavy atom. The van der Waals surface area contributed by atoms with Crippen LogP contribution in [0.15, 0.2) is 30.3 Å². The molecule has 1 aliphatic rings. The largest absolute Gasteiger partial charge is 0.327 e. The molecule has 0 spiro atoms. The molecule has 0 aliphatic carbocycles. The van der Waals surface area contributed by atoms with Crippen LogP contribution in [0.3, 0.4) is 0 Å². The number of pyridine rings is 1. The van der Waals surface area contributed by atoms with E-state index < -0.39 is 6.04 Å². The van der Waals surface area contributed by atoms with Crippen molar-refractivity contribution in [3.63, 3.8) is 0 Å². The average molecular weight is 406 g/mol. The lowest BCUT2D eigenvalue weighted by atomic mass is 9.99. The van der Waals surface area contributed by atoms with Crippen molar-refractivity contribution in [2.75, 3.05) is 11.9 Å². The lowest BCUT2D eigenvalue weighted by molar-refractivity contribution is -0.121. The van der Waals surface area contributed by atoms with Crippen molar-refractivity contribution >= 4 is 40.7 Å². The fourth-order valence-electron chi connectivity index (χ4n) is 3.31. The molecule has 0 bridgehead atoms. The van der Waals surface area contributed by atoms with Crippen LogP contribution in [-0.2, 0) is 4.79 Å². The number of aryl methyl sites for hydroxylation is 2. The Kier molecular flexibility index (Phi) is 6.02. The maximum absolute atomic E-state index is 13.1. The van der Waals surface area contributed by atoms with Gasteiger partial charge in [0.05, 0.1) is 21.3 Å². The number of hydrogen-bond acceptors (Lipinski definition) is 3. The van der Waals surface area contributed by atoms with Crippen molar-refractivity contribution in [1.82, 2.24) is 9.88 Å². The Hall–Kier alpha value is -2.11. The highest BCUT2D eigenvalue weighted by molar-refractivity contribution is 6.42. The molecule has 0 radical (unpaired) electrons. The van der Waals surface area contributed by atoms with E-state index in [1.807, 2.05) is 19.9 Å². The minimum atomic E-state index is -0.526. The summed E-state index contributed by atoms with van der Waals surface area (Å²) in [5.41, 5.74) is 2.63. The van der Waals surface area contributed by atoms with Crippen LogP contribution < -0.4 is 5.32 Å². The second kappa shape index (κ2) is 8.28. The summed E-state index contributed by atoms with van der Waals surface area (Å²) in [4.78, 5) is 31.9. The topological polar surface area (TPSA) is 62.3 Å². The third kappa shape index (κ3) is 4.42. The second-order valence-electron chi connectivity index (χ2n) is 6.71. The van der Waals surface area contributed by atoms with Crippen molar-refractivity contribution in [2.24, 2.45) is 0 Å². The molecule has 1 aromatic heterocycles. The van der Waals surface area contributed by atoms with Crippen LogP contribution in [0.25, 0.3) is 0 Å². The fourth-order valence-corrected chi connectivity index (χ4v) is 3.61. The van der Waals surface area contributed by atoms with Gasteiger partial charge in [0, 0.05) is 17.9 Å². The van der Waals surface area contributed by atoms with Gasteiger partial charge >= 0.3 is 0 Å². The molecule has 2 aromatic rings. The van der Waals surface area contributed by atoms with Crippen LogP contribution in [-0.4, -0.2) is 34.3 Å². The molecule has 2 heterocycles. The molecule has 1 atom stereocenters. The van der Waals surface area contributed by atoms with Gasteiger partial charge in [-0.15, -0.1) is 0 Å². The van der Waals surface area contributed by atoms with E-state index in [0.29, 0.717) is 40.0 Å². The van der Waals surface area contributed by atoms with Crippen LogP contribution in [0.4, 0.5) is 5.69 Å². The van der Waals surface area contributed by atoms with Crippen molar-refractivity contribution < 1.29 is 9.59 Å².